The molecular weight excluding hydrogens is 178 g/mol. The van der Waals surface area contributed by atoms with Gasteiger partial charge >= 0.3 is 0 Å². The summed E-state index contributed by atoms with van der Waals surface area (Å²) in [5.74, 6) is 0.540. The summed E-state index contributed by atoms with van der Waals surface area (Å²) in [7, 11) is 0. The van der Waals surface area contributed by atoms with Crippen molar-refractivity contribution in [3.63, 3.8) is 0 Å². The Bertz CT molecular complexity index is 326. The highest BCUT2D eigenvalue weighted by Crippen LogP contribution is 2.19. The molecule has 0 aliphatic carbocycles. The third kappa shape index (κ3) is 2.40. The van der Waals surface area contributed by atoms with E-state index in [1.165, 1.54) is 12.5 Å². The first kappa shape index (κ1) is 10.9. The van der Waals surface area contributed by atoms with Crippen LogP contribution in [-0.4, -0.2) is 9.78 Å². The maximum absolute atomic E-state index is 11.0. The van der Waals surface area contributed by atoms with E-state index in [9.17, 15) is 4.79 Å². The summed E-state index contributed by atoms with van der Waals surface area (Å²) in [4.78, 5) is 11.0. The number of H-pyrrole nitrogens is 1. The van der Waals surface area contributed by atoms with Gasteiger partial charge in [-0.3, -0.25) is 14.6 Å². The van der Waals surface area contributed by atoms with E-state index < -0.39 is 0 Å². The number of nitrogens with one attached hydrogen (secondary N) is 1. The zero-order chi connectivity index (χ0) is 10.6. The summed E-state index contributed by atoms with van der Waals surface area (Å²) >= 11 is 0. The Hall–Kier alpha value is -1.19. The molecule has 1 heterocycles. The Labute approximate surface area is 84.1 Å². The van der Waals surface area contributed by atoms with E-state index in [4.69, 9.17) is 5.73 Å². The van der Waals surface area contributed by atoms with Crippen LogP contribution in [0.1, 0.15) is 45.6 Å². The molecule has 80 valence electrons. The van der Waals surface area contributed by atoms with Gasteiger partial charge in [0, 0.05) is 6.07 Å². The highest BCUT2D eigenvalue weighted by Gasteiger charge is 2.11. The second kappa shape index (κ2) is 4.88. The van der Waals surface area contributed by atoms with Crippen LogP contribution in [0, 0.1) is 0 Å². The van der Waals surface area contributed by atoms with Crippen LogP contribution in [0.4, 0.5) is 5.82 Å². The second-order valence-corrected chi connectivity index (χ2v) is 3.62. The van der Waals surface area contributed by atoms with Crippen molar-refractivity contribution in [2.45, 2.75) is 45.6 Å². The van der Waals surface area contributed by atoms with Crippen molar-refractivity contribution in [3.8, 4) is 0 Å². The van der Waals surface area contributed by atoms with Crippen molar-refractivity contribution < 1.29 is 0 Å². The Morgan fingerprint density at radius 3 is 2.71 bits per heavy atom. The minimum Gasteiger partial charge on any atom is -0.384 e. The smallest absolute Gasteiger partial charge is 0.266 e. The Balaban J connectivity index is 2.77. The van der Waals surface area contributed by atoms with Crippen molar-refractivity contribution in [2.75, 3.05) is 5.73 Å². The SMILES string of the molecule is CCCC[C@@H](CC)n1[nH]c(=O)cc1N. The molecule has 0 saturated heterocycles. The topological polar surface area (TPSA) is 63.8 Å². The molecule has 0 saturated carbocycles. The number of nitrogens with zero attached hydrogens (tertiary/aromatic N) is 1. The predicted octanol–water partition coefficient (Wildman–Crippen LogP) is 1.90. The van der Waals surface area contributed by atoms with Gasteiger partial charge in [-0.1, -0.05) is 26.7 Å². The summed E-state index contributed by atoms with van der Waals surface area (Å²) in [5.41, 5.74) is 5.61. The molecule has 1 atom stereocenters. The molecule has 0 radical (unpaired) electrons. The molecule has 0 bridgehead atoms. The van der Waals surface area contributed by atoms with Crippen LogP contribution in [-0.2, 0) is 0 Å². The average molecular weight is 197 g/mol. The summed E-state index contributed by atoms with van der Waals surface area (Å²) in [6.45, 7) is 4.27. The fourth-order valence-corrected chi connectivity index (χ4v) is 1.68. The van der Waals surface area contributed by atoms with Gasteiger partial charge in [-0.15, -0.1) is 0 Å². The molecule has 1 rings (SSSR count). The van der Waals surface area contributed by atoms with Gasteiger partial charge in [-0.25, -0.2) is 0 Å². The van der Waals surface area contributed by atoms with Gasteiger partial charge in [0.05, 0.1) is 6.04 Å². The first-order chi connectivity index (χ1) is 6.69. The average Bonchev–Trinajstić information content (AvgIpc) is 2.47. The number of anilines is 1. The molecular formula is C10H19N3O. The van der Waals surface area contributed by atoms with Gasteiger partial charge in [-0.05, 0) is 12.8 Å². The largest absolute Gasteiger partial charge is 0.384 e. The van der Waals surface area contributed by atoms with Crippen LogP contribution >= 0.6 is 0 Å². The molecule has 0 unspecified atom stereocenters. The fourth-order valence-electron chi connectivity index (χ4n) is 1.68. The third-order valence-corrected chi connectivity index (χ3v) is 2.52. The molecule has 14 heavy (non-hydrogen) atoms. The molecule has 4 heteroatoms. The van der Waals surface area contributed by atoms with Gasteiger partial charge in [0.1, 0.15) is 5.82 Å². The van der Waals surface area contributed by atoms with Crippen LogP contribution in [0.15, 0.2) is 10.9 Å². The summed E-state index contributed by atoms with van der Waals surface area (Å²) in [5, 5.41) is 2.74. The molecule has 3 N–H and O–H groups in total. The Kier molecular flexibility index (Phi) is 3.80. The molecule has 0 fully saturated rings. The molecule has 0 aliphatic heterocycles. The van der Waals surface area contributed by atoms with E-state index in [-0.39, 0.29) is 5.56 Å². The molecule has 1 aromatic heterocycles. The number of nitrogen functional groups attached to an aromatic ring is 1. The van der Waals surface area contributed by atoms with E-state index in [1.54, 1.807) is 4.68 Å². The van der Waals surface area contributed by atoms with Crippen molar-refractivity contribution in [1.29, 1.82) is 0 Å². The van der Waals surface area contributed by atoms with Crippen molar-refractivity contribution in [3.05, 3.63) is 16.4 Å². The lowest BCUT2D eigenvalue weighted by atomic mass is 10.1. The van der Waals surface area contributed by atoms with Crippen molar-refractivity contribution in [1.82, 2.24) is 9.78 Å². The number of unbranched alkanes of at least 4 members (excludes halogenated alkanes) is 1. The van der Waals surface area contributed by atoms with Crippen LogP contribution in [0.25, 0.3) is 0 Å². The Morgan fingerprint density at radius 1 is 1.57 bits per heavy atom. The first-order valence-corrected chi connectivity index (χ1v) is 5.26. The number of aromatic amines is 1. The summed E-state index contributed by atoms with van der Waals surface area (Å²) < 4.78 is 1.79. The highest BCUT2D eigenvalue weighted by atomic mass is 16.1. The van der Waals surface area contributed by atoms with Gasteiger partial charge in [0.15, 0.2) is 0 Å². The van der Waals surface area contributed by atoms with Gasteiger partial charge in [0.2, 0.25) is 0 Å². The number of hydrogen-bond donors (Lipinski definition) is 2. The molecule has 0 aliphatic rings. The van der Waals surface area contributed by atoms with Crippen LogP contribution in [0.5, 0.6) is 0 Å². The van der Waals surface area contributed by atoms with E-state index in [0.717, 1.165) is 19.3 Å². The van der Waals surface area contributed by atoms with E-state index >= 15 is 0 Å². The standard InChI is InChI=1S/C10H19N3O/c1-3-5-6-8(4-2)13-9(11)7-10(14)12-13/h7-8H,3-6,11H2,1-2H3,(H,12,14)/t8-/m1/s1. The van der Waals surface area contributed by atoms with Crippen LogP contribution in [0.3, 0.4) is 0 Å². The number of rotatable bonds is 5. The first-order valence-electron chi connectivity index (χ1n) is 5.26. The lowest BCUT2D eigenvalue weighted by molar-refractivity contribution is 0.404. The van der Waals surface area contributed by atoms with Crippen LogP contribution in [0.2, 0.25) is 0 Å². The fraction of sp³-hybridized carbons (Fsp3) is 0.700. The maximum atomic E-state index is 11.0. The second-order valence-electron chi connectivity index (χ2n) is 3.62. The minimum atomic E-state index is -0.113. The quantitative estimate of drug-likeness (QED) is 0.757. The third-order valence-electron chi connectivity index (χ3n) is 2.52. The maximum Gasteiger partial charge on any atom is 0.266 e. The normalized spacial score (nSPS) is 13.0. The summed E-state index contributed by atoms with van der Waals surface area (Å²) in [6, 6.07) is 1.77. The van der Waals surface area contributed by atoms with E-state index in [1.807, 2.05) is 0 Å². The summed E-state index contributed by atoms with van der Waals surface area (Å²) in [6.07, 6.45) is 4.40. The molecule has 4 nitrogen and oxygen atoms in total. The lowest BCUT2D eigenvalue weighted by Crippen LogP contribution is -2.14. The number of hydrogen-bond acceptors (Lipinski definition) is 2. The monoisotopic (exact) mass is 197 g/mol. The van der Waals surface area contributed by atoms with Crippen molar-refractivity contribution >= 4 is 5.82 Å². The molecule has 0 amide bonds. The van der Waals surface area contributed by atoms with E-state index in [0.29, 0.717) is 11.9 Å². The zero-order valence-corrected chi connectivity index (χ0v) is 8.92. The highest BCUT2D eigenvalue weighted by molar-refractivity contribution is 5.26. The van der Waals surface area contributed by atoms with Gasteiger partial charge < -0.3 is 5.73 Å². The van der Waals surface area contributed by atoms with Gasteiger partial charge in [0.25, 0.3) is 5.56 Å². The lowest BCUT2D eigenvalue weighted by Gasteiger charge is -2.17. The molecule has 0 aromatic carbocycles. The Morgan fingerprint density at radius 2 is 2.29 bits per heavy atom. The van der Waals surface area contributed by atoms with Crippen molar-refractivity contribution in [2.24, 2.45) is 0 Å². The van der Waals surface area contributed by atoms with Crippen LogP contribution < -0.4 is 11.3 Å². The van der Waals surface area contributed by atoms with Gasteiger partial charge in [-0.2, -0.15) is 0 Å². The molecule has 1 aromatic rings. The minimum absolute atomic E-state index is 0.113. The van der Waals surface area contributed by atoms with E-state index in [2.05, 4.69) is 18.9 Å². The predicted molar refractivity (Wildman–Crippen MR) is 58.3 cm³/mol. The zero-order valence-electron chi connectivity index (χ0n) is 8.92. The number of aromatic nitrogens is 2. The number of nitrogens with two attached hydrogens (primary N) is 1. The molecule has 0 spiro atoms.